The zero-order valence-corrected chi connectivity index (χ0v) is 18.1. The van der Waals surface area contributed by atoms with Crippen LogP contribution in [0.3, 0.4) is 0 Å². The predicted molar refractivity (Wildman–Crippen MR) is 129 cm³/mol. The van der Waals surface area contributed by atoms with Gasteiger partial charge in [-0.05, 0) is 35.4 Å². The molecule has 5 nitrogen and oxygen atoms in total. The molecule has 0 fully saturated rings. The molecule has 0 atom stereocenters. The van der Waals surface area contributed by atoms with Gasteiger partial charge in [0.1, 0.15) is 24.7 Å². The average Bonchev–Trinajstić information content (AvgIpc) is 2.88. The summed E-state index contributed by atoms with van der Waals surface area (Å²) in [6.45, 7) is 0.824. The first kappa shape index (κ1) is 21.8. The fraction of sp³-hybridized carbons (Fsp3) is 0.0714. The highest BCUT2D eigenvalue weighted by molar-refractivity contribution is 5.97. The van der Waals surface area contributed by atoms with Crippen LogP contribution in [0.25, 0.3) is 0 Å². The Morgan fingerprint density at radius 1 is 0.667 bits per heavy atom. The standard InChI is InChI=1S/C28H24N2O3/c31-28(25-16-8-10-18-27(25)33-21-23-13-5-2-6-14-23)30-29-19-24-15-7-9-17-26(24)32-20-22-11-3-1-4-12-22/h1-19H,20-21H2,(H,30,31)/b29-19-. The first-order chi connectivity index (χ1) is 16.3. The molecule has 1 N–H and O–H groups in total. The van der Waals surface area contributed by atoms with Gasteiger partial charge in [-0.25, -0.2) is 5.43 Å². The molecule has 0 aromatic heterocycles. The molecule has 0 aliphatic heterocycles. The van der Waals surface area contributed by atoms with E-state index < -0.39 is 0 Å². The van der Waals surface area contributed by atoms with Crippen LogP contribution in [0.1, 0.15) is 27.0 Å². The Hall–Kier alpha value is -4.38. The minimum absolute atomic E-state index is 0.349. The number of rotatable bonds is 9. The Morgan fingerprint density at radius 2 is 1.18 bits per heavy atom. The second-order valence-electron chi connectivity index (χ2n) is 7.28. The van der Waals surface area contributed by atoms with Crippen LogP contribution in [-0.2, 0) is 13.2 Å². The summed E-state index contributed by atoms with van der Waals surface area (Å²) in [5, 5.41) is 4.13. The molecule has 0 bridgehead atoms. The highest BCUT2D eigenvalue weighted by atomic mass is 16.5. The van der Waals surface area contributed by atoms with Gasteiger partial charge in [-0.15, -0.1) is 0 Å². The summed E-state index contributed by atoms with van der Waals surface area (Å²) in [5.41, 5.74) is 5.86. The summed E-state index contributed by atoms with van der Waals surface area (Å²) >= 11 is 0. The number of nitrogens with one attached hydrogen (secondary N) is 1. The van der Waals surface area contributed by atoms with Crippen LogP contribution in [0, 0.1) is 0 Å². The van der Waals surface area contributed by atoms with Crippen LogP contribution >= 0.6 is 0 Å². The van der Waals surface area contributed by atoms with E-state index in [0.717, 1.165) is 16.7 Å². The first-order valence-corrected chi connectivity index (χ1v) is 10.6. The minimum Gasteiger partial charge on any atom is -0.488 e. The van der Waals surface area contributed by atoms with Crippen LogP contribution in [0.5, 0.6) is 11.5 Å². The lowest BCUT2D eigenvalue weighted by atomic mass is 10.2. The maximum absolute atomic E-state index is 12.7. The molecule has 0 saturated carbocycles. The lowest BCUT2D eigenvalue weighted by Crippen LogP contribution is -2.18. The number of carbonyl (C=O) groups excluding carboxylic acids is 1. The number of hydrazone groups is 1. The van der Waals surface area contributed by atoms with Gasteiger partial charge in [0, 0.05) is 5.56 Å². The molecule has 4 rings (SSSR count). The van der Waals surface area contributed by atoms with Gasteiger partial charge < -0.3 is 9.47 Å². The fourth-order valence-corrected chi connectivity index (χ4v) is 3.19. The molecule has 0 heterocycles. The van der Waals surface area contributed by atoms with Gasteiger partial charge in [-0.3, -0.25) is 4.79 Å². The van der Waals surface area contributed by atoms with Crippen LogP contribution < -0.4 is 14.9 Å². The van der Waals surface area contributed by atoms with Gasteiger partial charge in [0.2, 0.25) is 0 Å². The van der Waals surface area contributed by atoms with E-state index in [-0.39, 0.29) is 5.91 Å². The van der Waals surface area contributed by atoms with E-state index in [0.29, 0.717) is 30.3 Å². The second-order valence-corrected chi connectivity index (χ2v) is 7.28. The van der Waals surface area contributed by atoms with Gasteiger partial charge in [-0.1, -0.05) is 84.9 Å². The predicted octanol–water partition coefficient (Wildman–Crippen LogP) is 5.61. The summed E-state index contributed by atoms with van der Waals surface area (Å²) in [4.78, 5) is 12.7. The van der Waals surface area contributed by atoms with Crippen molar-refractivity contribution in [3.63, 3.8) is 0 Å². The molecule has 0 aliphatic carbocycles. The lowest BCUT2D eigenvalue weighted by molar-refractivity contribution is 0.0950. The number of nitrogens with zero attached hydrogens (tertiary/aromatic N) is 1. The van der Waals surface area contributed by atoms with E-state index in [9.17, 15) is 4.79 Å². The third-order valence-corrected chi connectivity index (χ3v) is 4.89. The number of para-hydroxylation sites is 2. The van der Waals surface area contributed by atoms with Crippen molar-refractivity contribution in [1.29, 1.82) is 0 Å². The Morgan fingerprint density at radius 3 is 1.85 bits per heavy atom. The lowest BCUT2D eigenvalue weighted by Gasteiger charge is -2.11. The molecule has 0 unspecified atom stereocenters. The zero-order valence-electron chi connectivity index (χ0n) is 18.1. The monoisotopic (exact) mass is 436 g/mol. The quantitative estimate of drug-likeness (QED) is 0.274. The number of hydrogen-bond donors (Lipinski definition) is 1. The summed E-state index contributed by atoms with van der Waals surface area (Å²) in [7, 11) is 0. The van der Waals surface area contributed by atoms with Gasteiger partial charge in [0.25, 0.3) is 5.91 Å². The maximum atomic E-state index is 12.7. The molecule has 0 saturated heterocycles. The van der Waals surface area contributed by atoms with Crippen molar-refractivity contribution in [2.75, 3.05) is 0 Å². The Labute approximate surface area is 193 Å². The third kappa shape index (κ3) is 6.31. The fourth-order valence-electron chi connectivity index (χ4n) is 3.19. The zero-order chi connectivity index (χ0) is 22.7. The normalized spacial score (nSPS) is 10.7. The second kappa shape index (κ2) is 11.3. The van der Waals surface area contributed by atoms with Crippen molar-refractivity contribution in [2.45, 2.75) is 13.2 Å². The molecule has 0 radical (unpaired) electrons. The smallest absolute Gasteiger partial charge is 0.275 e. The van der Waals surface area contributed by atoms with E-state index in [1.54, 1.807) is 24.4 Å². The van der Waals surface area contributed by atoms with Crippen molar-refractivity contribution in [3.8, 4) is 11.5 Å². The SMILES string of the molecule is O=C(N/N=C\c1ccccc1OCc1ccccc1)c1ccccc1OCc1ccccc1. The Kier molecular flexibility index (Phi) is 7.48. The minimum atomic E-state index is -0.349. The van der Waals surface area contributed by atoms with Gasteiger partial charge in [0.15, 0.2) is 0 Å². The van der Waals surface area contributed by atoms with E-state index in [2.05, 4.69) is 10.5 Å². The first-order valence-electron chi connectivity index (χ1n) is 10.6. The van der Waals surface area contributed by atoms with Crippen molar-refractivity contribution in [2.24, 2.45) is 5.10 Å². The molecular weight excluding hydrogens is 412 g/mol. The highest BCUT2D eigenvalue weighted by Crippen LogP contribution is 2.20. The molecule has 0 aliphatic rings. The molecule has 5 heteroatoms. The van der Waals surface area contributed by atoms with Crippen LogP contribution in [-0.4, -0.2) is 12.1 Å². The number of benzene rings is 4. The van der Waals surface area contributed by atoms with Crippen LogP contribution in [0.2, 0.25) is 0 Å². The van der Waals surface area contributed by atoms with Crippen molar-refractivity contribution >= 4 is 12.1 Å². The number of amides is 1. The van der Waals surface area contributed by atoms with Gasteiger partial charge in [0.05, 0.1) is 11.8 Å². The third-order valence-electron chi connectivity index (χ3n) is 4.89. The summed E-state index contributed by atoms with van der Waals surface area (Å²) in [6, 6.07) is 34.4. The number of ether oxygens (including phenoxy) is 2. The van der Waals surface area contributed by atoms with E-state index in [1.807, 2.05) is 91.0 Å². The van der Waals surface area contributed by atoms with Crippen molar-refractivity contribution < 1.29 is 14.3 Å². The van der Waals surface area contributed by atoms with Crippen LogP contribution in [0.15, 0.2) is 114 Å². The molecule has 4 aromatic carbocycles. The van der Waals surface area contributed by atoms with E-state index >= 15 is 0 Å². The van der Waals surface area contributed by atoms with Gasteiger partial charge >= 0.3 is 0 Å². The molecule has 0 spiro atoms. The molecule has 4 aromatic rings. The molecule has 33 heavy (non-hydrogen) atoms. The van der Waals surface area contributed by atoms with E-state index in [4.69, 9.17) is 9.47 Å². The molecule has 164 valence electrons. The Balaban J connectivity index is 1.39. The van der Waals surface area contributed by atoms with Crippen molar-refractivity contribution in [3.05, 3.63) is 131 Å². The molecular formula is C28H24N2O3. The summed E-state index contributed by atoms with van der Waals surface area (Å²) < 4.78 is 11.8. The molecule has 1 amide bonds. The van der Waals surface area contributed by atoms with Crippen molar-refractivity contribution in [1.82, 2.24) is 5.43 Å². The Bertz CT molecular complexity index is 1210. The average molecular weight is 437 g/mol. The topological polar surface area (TPSA) is 59.9 Å². The largest absolute Gasteiger partial charge is 0.488 e. The number of carbonyl (C=O) groups is 1. The van der Waals surface area contributed by atoms with E-state index in [1.165, 1.54) is 0 Å². The number of hydrogen-bond acceptors (Lipinski definition) is 4. The summed E-state index contributed by atoms with van der Waals surface area (Å²) in [6.07, 6.45) is 1.58. The van der Waals surface area contributed by atoms with Crippen LogP contribution in [0.4, 0.5) is 0 Å². The highest BCUT2D eigenvalue weighted by Gasteiger charge is 2.11. The summed E-state index contributed by atoms with van der Waals surface area (Å²) in [5.74, 6) is 0.837. The maximum Gasteiger partial charge on any atom is 0.275 e. The van der Waals surface area contributed by atoms with Gasteiger partial charge in [-0.2, -0.15) is 5.10 Å².